The second-order valence-electron chi connectivity index (χ2n) is 4.15. The fourth-order valence-corrected chi connectivity index (χ4v) is 3.17. The van der Waals surface area contributed by atoms with E-state index in [9.17, 15) is 12.8 Å². The Morgan fingerprint density at radius 1 is 1.50 bits per heavy atom. The SMILES string of the molecule is NCc1ccc(F)c(S(=O)(=O)NC2CCOC2)c1. The monoisotopic (exact) mass is 274 g/mol. The zero-order valence-corrected chi connectivity index (χ0v) is 10.5. The molecule has 0 bridgehead atoms. The van der Waals surface area contributed by atoms with Crippen LogP contribution in [0.25, 0.3) is 0 Å². The van der Waals surface area contributed by atoms with Crippen molar-refractivity contribution in [1.29, 1.82) is 0 Å². The molecule has 3 N–H and O–H groups in total. The summed E-state index contributed by atoms with van der Waals surface area (Å²) in [5.41, 5.74) is 5.99. The van der Waals surface area contributed by atoms with E-state index in [4.69, 9.17) is 10.5 Å². The molecule has 2 rings (SSSR count). The maximum atomic E-state index is 13.6. The molecule has 1 heterocycles. The molecular formula is C11H15FN2O3S. The van der Waals surface area contributed by atoms with Crippen LogP contribution in [0, 0.1) is 5.82 Å². The zero-order chi connectivity index (χ0) is 13.2. The van der Waals surface area contributed by atoms with Crippen molar-refractivity contribution < 1.29 is 17.5 Å². The van der Waals surface area contributed by atoms with Gasteiger partial charge in [0.25, 0.3) is 0 Å². The third kappa shape index (κ3) is 2.86. The van der Waals surface area contributed by atoms with E-state index in [1.54, 1.807) is 0 Å². The average molecular weight is 274 g/mol. The van der Waals surface area contributed by atoms with E-state index in [0.29, 0.717) is 25.2 Å². The number of ether oxygens (including phenoxy) is 1. The number of nitrogens with one attached hydrogen (secondary N) is 1. The van der Waals surface area contributed by atoms with Crippen molar-refractivity contribution in [2.75, 3.05) is 13.2 Å². The van der Waals surface area contributed by atoms with Crippen molar-refractivity contribution in [3.63, 3.8) is 0 Å². The number of sulfonamides is 1. The molecule has 0 radical (unpaired) electrons. The molecule has 1 fully saturated rings. The van der Waals surface area contributed by atoms with E-state index in [1.807, 2.05) is 0 Å². The molecule has 5 nitrogen and oxygen atoms in total. The molecular weight excluding hydrogens is 259 g/mol. The first-order valence-corrected chi connectivity index (χ1v) is 7.10. The lowest BCUT2D eigenvalue weighted by Crippen LogP contribution is -2.35. The number of nitrogens with two attached hydrogens (primary N) is 1. The highest BCUT2D eigenvalue weighted by molar-refractivity contribution is 7.89. The molecule has 1 saturated heterocycles. The van der Waals surface area contributed by atoms with Crippen LogP contribution in [0.1, 0.15) is 12.0 Å². The number of halogens is 1. The molecule has 1 aromatic rings. The van der Waals surface area contributed by atoms with Gasteiger partial charge < -0.3 is 10.5 Å². The van der Waals surface area contributed by atoms with Gasteiger partial charge in [0.2, 0.25) is 10.0 Å². The van der Waals surface area contributed by atoms with Gasteiger partial charge in [-0.1, -0.05) is 6.07 Å². The minimum atomic E-state index is -3.87. The largest absolute Gasteiger partial charge is 0.380 e. The topological polar surface area (TPSA) is 81.4 Å². The highest BCUT2D eigenvalue weighted by Gasteiger charge is 2.25. The lowest BCUT2D eigenvalue weighted by Gasteiger charge is -2.12. The maximum absolute atomic E-state index is 13.6. The summed E-state index contributed by atoms with van der Waals surface area (Å²) in [6.07, 6.45) is 0.595. The molecule has 100 valence electrons. The molecule has 0 aromatic heterocycles. The van der Waals surface area contributed by atoms with Crippen LogP contribution in [0.15, 0.2) is 23.1 Å². The molecule has 0 saturated carbocycles. The molecule has 1 aliphatic rings. The van der Waals surface area contributed by atoms with E-state index in [0.717, 1.165) is 6.07 Å². The van der Waals surface area contributed by atoms with Crippen molar-refractivity contribution >= 4 is 10.0 Å². The second kappa shape index (κ2) is 5.31. The predicted octanol–water partition coefficient (Wildman–Crippen LogP) is 0.352. The van der Waals surface area contributed by atoms with Crippen LogP contribution in [0.2, 0.25) is 0 Å². The Morgan fingerprint density at radius 2 is 2.28 bits per heavy atom. The summed E-state index contributed by atoms with van der Waals surface area (Å²) >= 11 is 0. The van der Waals surface area contributed by atoms with Crippen molar-refractivity contribution in [1.82, 2.24) is 4.72 Å². The molecule has 1 unspecified atom stereocenters. The van der Waals surface area contributed by atoms with Gasteiger partial charge in [0, 0.05) is 19.2 Å². The number of hydrogen-bond acceptors (Lipinski definition) is 4. The van der Waals surface area contributed by atoms with Crippen molar-refractivity contribution in [2.45, 2.75) is 23.9 Å². The third-order valence-electron chi connectivity index (χ3n) is 2.77. The van der Waals surface area contributed by atoms with E-state index < -0.39 is 15.8 Å². The Kier molecular flexibility index (Phi) is 3.96. The smallest absolute Gasteiger partial charge is 0.243 e. The van der Waals surface area contributed by atoms with Gasteiger partial charge in [-0.15, -0.1) is 0 Å². The Balaban J connectivity index is 2.27. The molecule has 0 aliphatic carbocycles. The first-order valence-electron chi connectivity index (χ1n) is 5.61. The van der Waals surface area contributed by atoms with Gasteiger partial charge in [0.1, 0.15) is 10.7 Å². The first kappa shape index (κ1) is 13.4. The molecule has 1 atom stereocenters. The Bertz CT molecular complexity index is 527. The van der Waals surface area contributed by atoms with Crippen LogP contribution in [-0.2, 0) is 21.3 Å². The molecule has 0 amide bonds. The second-order valence-corrected chi connectivity index (χ2v) is 5.83. The Hall–Kier alpha value is -1.02. The maximum Gasteiger partial charge on any atom is 0.243 e. The molecule has 1 aliphatic heterocycles. The van der Waals surface area contributed by atoms with Crippen LogP contribution in [0.5, 0.6) is 0 Å². The summed E-state index contributed by atoms with van der Waals surface area (Å²) in [5.74, 6) is -0.779. The van der Waals surface area contributed by atoms with Crippen LogP contribution in [-0.4, -0.2) is 27.7 Å². The third-order valence-corrected chi connectivity index (χ3v) is 4.31. The summed E-state index contributed by atoms with van der Waals surface area (Å²) in [6, 6.07) is 3.54. The van der Waals surface area contributed by atoms with E-state index in [-0.39, 0.29) is 17.5 Å². The lowest BCUT2D eigenvalue weighted by molar-refractivity contribution is 0.192. The van der Waals surface area contributed by atoms with E-state index >= 15 is 0 Å². The highest BCUT2D eigenvalue weighted by atomic mass is 32.2. The quantitative estimate of drug-likeness (QED) is 0.830. The van der Waals surface area contributed by atoms with Crippen LogP contribution in [0.4, 0.5) is 4.39 Å². The number of benzene rings is 1. The van der Waals surface area contributed by atoms with Gasteiger partial charge in [-0.2, -0.15) is 0 Å². The molecule has 7 heteroatoms. The first-order chi connectivity index (χ1) is 8.53. The van der Waals surface area contributed by atoms with Crippen molar-refractivity contribution in [2.24, 2.45) is 5.73 Å². The summed E-state index contributed by atoms with van der Waals surface area (Å²) in [4.78, 5) is -0.364. The van der Waals surface area contributed by atoms with Crippen LogP contribution < -0.4 is 10.5 Å². The normalized spacial score (nSPS) is 20.2. The summed E-state index contributed by atoms with van der Waals surface area (Å²) in [6.45, 7) is 0.991. The van der Waals surface area contributed by atoms with Gasteiger partial charge in [0.05, 0.1) is 6.61 Å². The molecule has 0 spiro atoms. The Morgan fingerprint density at radius 3 is 2.89 bits per heavy atom. The fourth-order valence-electron chi connectivity index (χ4n) is 1.79. The van der Waals surface area contributed by atoms with Gasteiger partial charge in [-0.25, -0.2) is 17.5 Å². The van der Waals surface area contributed by atoms with Crippen LogP contribution >= 0.6 is 0 Å². The number of hydrogen-bond donors (Lipinski definition) is 2. The number of rotatable bonds is 4. The summed E-state index contributed by atoms with van der Waals surface area (Å²) < 4.78 is 45.1. The van der Waals surface area contributed by atoms with Gasteiger partial charge >= 0.3 is 0 Å². The lowest BCUT2D eigenvalue weighted by atomic mass is 10.2. The predicted molar refractivity (Wildman–Crippen MR) is 63.8 cm³/mol. The molecule has 18 heavy (non-hydrogen) atoms. The fraction of sp³-hybridized carbons (Fsp3) is 0.455. The highest BCUT2D eigenvalue weighted by Crippen LogP contribution is 2.18. The van der Waals surface area contributed by atoms with E-state index in [2.05, 4.69) is 4.72 Å². The average Bonchev–Trinajstić information content (AvgIpc) is 2.81. The summed E-state index contributed by atoms with van der Waals surface area (Å²) in [5, 5.41) is 0. The molecule has 1 aromatic carbocycles. The zero-order valence-electron chi connectivity index (χ0n) is 9.73. The van der Waals surface area contributed by atoms with Crippen molar-refractivity contribution in [3.05, 3.63) is 29.6 Å². The standard InChI is InChI=1S/C11H15FN2O3S/c12-10-2-1-8(6-13)5-11(10)18(15,16)14-9-3-4-17-7-9/h1-2,5,9,14H,3-4,6-7,13H2. The van der Waals surface area contributed by atoms with Gasteiger partial charge in [-0.3, -0.25) is 0 Å². The minimum Gasteiger partial charge on any atom is -0.380 e. The van der Waals surface area contributed by atoms with Crippen LogP contribution in [0.3, 0.4) is 0 Å². The van der Waals surface area contributed by atoms with Gasteiger partial charge in [0.15, 0.2) is 0 Å². The van der Waals surface area contributed by atoms with E-state index in [1.165, 1.54) is 12.1 Å². The Labute approximate surface area is 105 Å². The van der Waals surface area contributed by atoms with Crippen molar-refractivity contribution in [3.8, 4) is 0 Å². The van der Waals surface area contributed by atoms with Gasteiger partial charge in [-0.05, 0) is 24.1 Å². The summed E-state index contributed by atoms with van der Waals surface area (Å²) in [7, 11) is -3.87. The minimum absolute atomic E-state index is 0.162.